The number of hydrogen-bond acceptors (Lipinski definition) is 4. The maximum Gasteiger partial charge on any atom is 0.128 e. The fourth-order valence-corrected chi connectivity index (χ4v) is 2.23. The molecule has 0 bridgehead atoms. The van der Waals surface area contributed by atoms with E-state index in [4.69, 9.17) is 0 Å². The Morgan fingerprint density at radius 3 is 1.38 bits per heavy atom. The van der Waals surface area contributed by atoms with E-state index in [1.54, 1.807) is 0 Å². The first-order valence-electron chi connectivity index (χ1n) is 7.16. The first-order valence-corrected chi connectivity index (χ1v) is 7.16. The van der Waals surface area contributed by atoms with Crippen LogP contribution in [0.1, 0.15) is 22.5 Å². The lowest BCUT2D eigenvalue weighted by molar-refractivity contribution is 0.985. The van der Waals surface area contributed by atoms with Crippen LogP contribution in [0.2, 0.25) is 0 Å². The number of aryl methyl sites for hydroxylation is 2. The van der Waals surface area contributed by atoms with Crippen molar-refractivity contribution in [2.75, 3.05) is 38.0 Å². The van der Waals surface area contributed by atoms with Crippen LogP contribution < -0.4 is 9.80 Å². The van der Waals surface area contributed by atoms with Gasteiger partial charge in [0.05, 0.1) is 0 Å². The third kappa shape index (κ3) is 3.51. The lowest BCUT2D eigenvalue weighted by Gasteiger charge is -2.16. The highest BCUT2D eigenvalue weighted by Gasteiger charge is 2.08. The second-order valence-electron chi connectivity index (χ2n) is 5.79. The molecule has 0 radical (unpaired) electrons. The maximum absolute atomic E-state index is 4.64. The van der Waals surface area contributed by atoms with E-state index in [1.165, 1.54) is 11.1 Å². The molecule has 0 spiro atoms. The van der Waals surface area contributed by atoms with Crippen LogP contribution in [0.5, 0.6) is 0 Å². The van der Waals surface area contributed by atoms with Crippen molar-refractivity contribution in [3.05, 3.63) is 46.8 Å². The van der Waals surface area contributed by atoms with Gasteiger partial charge < -0.3 is 9.80 Å². The third-order valence-electron chi connectivity index (χ3n) is 3.66. The highest BCUT2D eigenvalue weighted by molar-refractivity contribution is 5.44. The van der Waals surface area contributed by atoms with E-state index in [9.17, 15) is 0 Å². The zero-order valence-electron chi connectivity index (χ0n) is 13.8. The minimum Gasteiger partial charge on any atom is -0.363 e. The number of nitrogens with zero attached hydrogens (tertiary/aromatic N) is 4. The van der Waals surface area contributed by atoms with Gasteiger partial charge >= 0.3 is 0 Å². The number of rotatable bonds is 4. The van der Waals surface area contributed by atoms with E-state index >= 15 is 0 Å². The van der Waals surface area contributed by atoms with E-state index in [0.29, 0.717) is 0 Å². The highest BCUT2D eigenvalue weighted by Crippen LogP contribution is 2.19. The van der Waals surface area contributed by atoms with Crippen LogP contribution >= 0.6 is 0 Å². The normalized spacial score (nSPS) is 10.6. The highest BCUT2D eigenvalue weighted by atomic mass is 15.1. The summed E-state index contributed by atoms with van der Waals surface area (Å²) in [6.07, 6.45) is 0.874. The molecular weight excluding hydrogens is 260 g/mol. The summed E-state index contributed by atoms with van der Waals surface area (Å²) in [5.41, 5.74) is 4.67. The van der Waals surface area contributed by atoms with Crippen molar-refractivity contribution in [3.63, 3.8) is 0 Å². The van der Waals surface area contributed by atoms with Gasteiger partial charge in [0.1, 0.15) is 11.6 Å². The molecule has 0 saturated carbocycles. The predicted molar refractivity (Wildman–Crippen MR) is 89.4 cm³/mol. The first-order chi connectivity index (χ1) is 9.88. The summed E-state index contributed by atoms with van der Waals surface area (Å²) in [4.78, 5) is 13.3. The molecule has 2 heterocycles. The van der Waals surface area contributed by atoms with E-state index in [1.807, 2.05) is 38.0 Å². The quantitative estimate of drug-likeness (QED) is 0.864. The molecule has 0 fully saturated rings. The Morgan fingerprint density at radius 2 is 1.10 bits per heavy atom. The Kier molecular flexibility index (Phi) is 4.46. The first kappa shape index (κ1) is 15.3. The van der Waals surface area contributed by atoms with E-state index in [0.717, 1.165) is 29.4 Å². The number of hydrogen-bond donors (Lipinski definition) is 0. The number of anilines is 2. The second kappa shape index (κ2) is 6.12. The van der Waals surface area contributed by atoms with Gasteiger partial charge in [-0.2, -0.15) is 0 Å². The molecule has 2 aromatic rings. The van der Waals surface area contributed by atoms with Crippen LogP contribution in [0.25, 0.3) is 0 Å². The summed E-state index contributed by atoms with van der Waals surface area (Å²) < 4.78 is 0. The second-order valence-corrected chi connectivity index (χ2v) is 5.79. The van der Waals surface area contributed by atoms with Gasteiger partial charge in [-0.05, 0) is 37.1 Å². The van der Waals surface area contributed by atoms with Gasteiger partial charge in [0.2, 0.25) is 0 Å². The summed E-state index contributed by atoms with van der Waals surface area (Å²) in [6.45, 7) is 4.14. The molecule has 0 amide bonds. The van der Waals surface area contributed by atoms with Gasteiger partial charge in [-0.1, -0.05) is 12.1 Å². The molecular formula is C17H24N4. The van der Waals surface area contributed by atoms with Crippen LogP contribution in [-0.2, 0) is 6.42 Å². The van der Waals surface area contributed by atoms with Gasteiger partial charge in [-0.15, -0.1) is 0 Å². The largest absolute Gasteiger partial charge is 0.363 e. The summed E-state index contributed by atoms with van der Waals surface area (Å²) in [7, 11) is 8.04. The molecule has 112 valence electrons. The minimum absolute atomic E-state index is 0.874. The smallest absolute Gasteiger partial charge is 0.128 e. The minimum atomic E-state index is 0.874. The van der Waals surface area contributed by atoms with E-state index in [-0.39, 0.29) is 0 Å². The third-order valence-corrected chi connectivity index (χ3v) is 3.66. The molecule has 0 aliphatic heterocycles. The Morgan fingerprint density at radius 1 is 0.714 bits per heavy atom. The van der Waals surface area contributed by atoms with Gasteiger partial charge in [-0.25, -0.2) is 9.97 Å². The summed E-state index contributed by atoms with van der Waals surface area (Å²) >= 11 is 0. The van der Waals surface area contributed by atoms with Crippen molar-refractivity contribution in [1.82, 2.24) is 9.97 Å². The molecule has 0 aromatic carbocycles. The molecule has 0 aliphatic rings. The fourth-order valence-electron chi connectivity index (χ4n) is 2.23. The van der Waals surface area contributed by atoms with Gasteiger partial charge in [0.25, 0.3) is 0 Å². The van der Waals surface area contributed by atoms with Crippen LogP contribution in [0.4, 0.5) is 11.6 Å². The molecule has 4 nitrogen and oxygen atoms in total. The summed E-state index contributed by atoms with van der Waals surface area (Å²) in [6, 6.07) is 8.46. The Hall–Kier alpha value is -2.10. The lowest BCUT2D eigenvalue weighted by Crippen LogP contribution is -2.12. The average Bonchev–Trinajstić information content (AvgIpc) is 2.42. The molecule has 0 N–H and O–H groups in total. The Balaban J connectivity index is 2.26. The lowest BCUT2D eigenvalue weighted by atomic mass is 10.0. The van der Waals surface area contributed by atoms with Crippen LogP contribution in [0, 0.1) is 13.8 Å². The molecule has 4 heteroatoms. The van der Waals surface area contributed by atoms with Gasteiger partial charge in [0.15, 0.2) is 0 Å². The Labute approximate surface area is 127 Å². The van der Waals surface area contributed by atoms with E-state index < -0.39 is 0 Å². The zero-order chi connectivity index (χ0) is 15.6. The van der Waals surface area contributed by atoms with Gasteiger partial charge in [-0.3, -0.25) is 0 Å². The topological polar surface area (TPSA) is 32.3 Å². The predicted octanol–water partition coefficient (Wildman–Crippen LogP) is 2.82. The molecule has 0 atom stereocenters. The van der Waals surface area contributed by atoms with Crippen molar-refractivity contribution in [2.45, 2.75) is 20.3 Å². The monoisotopic (exact) mass is 284 g/mol. The fraction of sp³-hybridized carbons (Fsp3) is 0.412. The maximum atomic E-state index is 4.64. The van der Waals surface area contributed by atoms with Crippen LogP contribution in [0.3, 0.4) is 0 Å². The van der Waals surface area contributed by atoms with Crippen molar-refractivity contribution in [1.29, 1.82) is 0 Å². The standard InChI is InChI=1S/C17H24N4/c1-12-14(7-9-16(18-12)20(3)4)11-15-8-10-17(21(5)6)19-13(15)2/h7-10H,11H2,1-6H3. The molecule has 0 saturated heterocycles. The number of pyridine rings is 2. The molecule has 2 aromatic heterocycles. The summed E-state index contributed by atoms with van der Waals surface area (Å²) in [5.74, 6) is 1.99. The Bertz CT molecular complexity index is 577. The molecule has 21 heavy (non-hydrogen) atoms. The average molecular weight is 284 g/mol. The van der Waals surface area contributed by atoms with E-state index in [2.05, 4.69) is 48.1 Å². The SMILES string of the molecule is Cc1nc(N(C)C)ccc1Cc1ccc(N(C)C)nc1C. The molecule has 2 rings (SSSR count). The van der Waals surface area contributed by atoms with Crippen molar-refractivity contribution < 1.29 is 0 Å². The van der Waals surface area contributed by atoms with Gasteiger partial charge in [0, 0.05) is 46.0 Å². The van der Waals surface area contributed by atoms with Crippen molar-refractivity contribution in [3.8, 4) is 0 Å². The zero-order valence-corrected chi connectivity index (χ0v) is 13.8. The summed E-state index contributed by atoms with van der Waals surface area (Å²) in [5, 5.41) is 0. The molecule has 0 unspecified atom stereocenters. The van der Waals surface area contributed by atoms with Crippen LogP contribution in [-0.4, -0.2) is 38.2 Å². The van der Waals surface area contributed by atoms with Crippen molar-refractivity contribution in [2.24, 2.45) is 0 Å². The molecule has 0 aliphatic carbocycles. The van der Waals surface area contributed by atoms with Crippen molar-refractivity contribution >= 4 is 11.6 Å². The number of aromatic nitrogens is 2. The van der Waals surface area contributed by atoms with Crippen LogP contribution in [0.15, 0.2) is 24.3 Å².